The zero-order valence-electron chi connectivity index (χ0n) is 7.96. The molecule has 0 fully saturated rings. The van der Waals surface area contributed by atoms with Crippen molar-refractivity contribution in [3.63, 3.8) is 0 Å². The number of hydrogen-bond acceptors (Lipinski definition) is 2. The Morgan fingerprint density at radius 1 is 1.58 bits per heavy atom. The minimum Gasteiger partial charge on any atom is -0.458 e. The van der Waals surface area contributed by atoms with Crippen LogP contribution in [0.3, 0.4) is 0 Å². The Hall–Kier alpha value is -0.790. The molecule has 0 saturated carbocycles. The lowest BCUT2D eigenvalue weighted by atomic mass is 9.86. The van der Waals surface area contributed by atoms with E-state index in [1.54, 1.807) is 0 Å². The van der Waals surface area contributed by atoms with Crippen molar-refractivity contribution in [1.29, 1.82) is 0 Å². The van der Waals surface area contributed by atoms with E-state index >= 15 is 0 Å². The molecular formula is C10H16O2. The van der Waals surface area contributed by atoms with Crippen LogP contribution in [-0.2, 0) is 9.53 Å². The zero-order valence-corrected chi connectivity index (χ0v) is 7.96. The fourth-order valence-electron chi connectivity index (χ4n) is 1.73. The summed E-state index contributed by atoms with van der Waals surface area (Å²) in [7, 11) is 0. The highest BCUT2D eigenvalue weighted by Crippen LogP contribution is 2.27. The summed E-state index contributed by atoms with van der Waals surface area (Å²) in [5.74, 6) is 0.780. The van der Waals surface area contributed by atoms with E-state index in [9.17, 15) is 4.79 Å². The summed E-state index contributed by atoms with van der Waals surface area (Å²) in [6.45, 7) is 6.86. The predicted molar refractivity (Wildman–Crippen MR) is 47.7 cm³/mol. The van der Waals surface area contributed by atoms with Crippen LogP contribution in [0.15, 0.2) is 11.6 Å². The molecule has 0 amide bonds. The lowest BCUT2D eigenvalue weighted by Crippen LogP contribution is -2.15. The Labute approximate surface area is 73.6 Å². The van der Waals surface area contributed by atoms with E-state index in [2.05, 4.69) is 20.8 Å². The molecule has 1 aliphatic rings. The Bertz CT molecular complexity index is 204. The lowest BCUT2D eigenvalue weighted by molar-refractivity contribution is -0.136. The number of carbonyl (C=O) groups is 1. The molecule has 12 heavy (non-hydrogen) atoms. The predicted octanol–water partition coefficient (Wildman–Crippen LogP) is 2.15. The molecule has 2 nitrogen and oxygen atoms in total. The quantitative estimate of drug-likeness (QED) is 0.603. The minimum atomic E-state index is -0.115. The highest BCUT2D eigenvalue weighted by atomic mass is 16.5. The summed E-state index contributed by atoms with van der Waals surface area (Å²) in [6.07, 6.45) is 2.93. The van der Waals surface area contributed by atoms with Gasteiger partial charge in [0.1, 0.15) is 6.61 Å². The van der Waals surface area contributed by atoms with E-state index in [0.717, 1.165) is 12.0 Å². The van der Waals surface area contributed by atoms with E-state index in [1.807, 2.05) is 6.08 Å². The molecule has 1 aliphatic heterocycles. The summed E-state index contributed by atoms with van der Waals surface area (Å²) in [6, 6.07) is 0. The van der Waals surface area contributed by atoms with Crippen molar-refractivity contribution in [3.05, 3.63) is 11.6 Å². The first-order valence-electron chi connectivity index (χ1n) is 4.54. The van der Waals surface area contributed by atoms with Gasteiger partial charge in [0.2, 0.25) is 0 Å². The standard InChI is InChI=1S/C10H16O2/c1-4-8(7(2)3)9-5-6-12-10(9)11/h5,7-8H,4,6H2,1-3H3. The van der Waals surface area contributed by atoms with Gasteiger partial charge in [-0.3, -0.25) is 0 Å². The van der Waals surface area contributed by atoms with E-state index in [1.165, 1.54) is 0 Å². The van der Waals surface area contributed by atoms with E-state index < -0.39 is 0 Å². The van der Waals surface area contributed by atoms with Crippen LogP contribution in [-0.4, -0.2) is 12.6 Å². The van der Waals surface area contributed by atoms with Crippen LogP contribution in [0.1, 0.15) is 27.2 Å². The van der Waals surface area contributed by atoms with E-state index in [4.69, 9.17) is 4.74 Å². The van der Waals surface area contributed by atoms with Gasteiger partial charge in [-0.05, 0) is 24.3 Å². The maximum absolute atomic E-state index is 11.2. The summed E-state index contributed by atoms with van der Waals surface area (Å²) in [4.78, 5) is 11.2. The molecule has 1 unspecified atom stereocenters. The molecule has 0 N–H and O–H groups in total. The molecule has 0 spiro atoms. The van der Waals surface area contributed by atoms with Crippen molar-refractivity contribution >= 4 is 5.97 Å². The van der Waals surface area contributed by atoms with Crippen LogP contribution in [0, 0.1) is 11.8 Å². The van der Waals surface area contributed by atoms with Gasteiger partial charge < -0.3 is 4.74 Å². The highest BCUT2D eigenvalue weighted by Gasteiger charge is 2.26. The molecule has 1 atom stereocenters. The Morgan fingerprint density at radius 3 is 2.58 bits per heavy atom. The molecule has 0 aromatic heterocycles. The van der Waals surface area contributed by atoms with Crippen LogP contribution < -0.4 is 0 Å². The molecule has 1 heterocycles. The third-order valence-corrected chi connectivity index (χ3v) is 2.40. The number of carbonyl (C=O) groups excluding carboxylic acids is 1. The topological polar surface area (TPSA) is 26.3 Å². The van der Waals surface area contributed by atoms with Gasteiger partial charge >= 0.3 is 5.97 Å². The lowest BCUT2D eigenvalue weighted by Gasteiger charge is -2.17. The zero-order chi connectivity index (χ0) is 9.14. The second kappa shape index (κ2) is 3.74. The largest absolute Gasteiger partial charge is 0.458 e. The summed E-state index contributed by atoms with van der Waals surface area (Å²) >= 11 is 0. The van der Waals surface area contributed by atoms with Crippen molar-refractivity contribution in [3.8, 4) is 0 Å². The van der Waals surface area contributed by atoms with Crippen molar-refractivity contribution in [2.45, 2.75) is 27.2 Å². The third kappa shape index (κ3) is 1.68. The average molecular weight is 168 g/mol. The smallest absolute Gasteiger partial charge is 0.334 e. The fraction of sp³-hybridized carbons (Fsp3) is 0.700. The van der Waals surface area contributed by atoms with Crippen molar-refractivity contribution in [1.82, 2.24) is 0 Å². The molecule has 1 rings (SSSR count). The molecule has 0 aromatic carbocycles. The van der Waals surface area contributed by atoms with Gasteiger partial charge in [0.25, 0.3) is 0 Å². The van der Waals surface area contributed by atoms with Gasteiger partial charge in [0.05, 0.1) is 0 Å². The summed E-state index contributed by atoms with van der Waals surface area (Å²) in [5, 5.41) is 0. The Balaban J connectivity index is 2.72. The van der Waals surface area contributed by atoms with Crippen molar-refractivity contribution in [2.75, 3.05) is 6.61 Å². The summed E-state index contributed by atoms with van der Waals surface area (Å²) < 4.78 is 4.87. The number of esters is 1. The first-order valence-corrected chi connectivity index (χ1v) is 4.54. The van der Waals surface area contributed by atoms with Crippen molar-refractivity contribution < 1.29 is 9.53 Å². The molecule has 0 aromatic rings. The Morgan fingerprint density at radius 2 is 2.25 bits per heavy atom. The second-order valence-electron chi connectivity index (χ2n) is 3.52. The van der Waals surface area contributed by atoms with Crippen LogP contribution >= 0.6 is 0 Å². The average Bonchev–Trinajstić information content (AvgIpc) is 2.38. The molecule has 2 heteroatoms. The number of rotatable bonds is 3. The minimum absolute atomic E-state index is 0.115. The van der Waals surface area contributed by atoms with E-state index in [-0.39, 0.29) is 5.97 Å². The van der Waals surface area contributed by atoms with Crippen LogP contribution in [0.5, 0.6) is 0 Å². The molecule has 0 aliphatic carbocycles. The van der Waals surface area contributed by atoms with Gasteiger partial charge in [0, 0.05) is 5.57 Å². The Kier molecular flexibility index (Phi) is 2.90. The third-order valence-electron chi connectivity index (χ3n) is 2.40. The molecule has 0 saturated heterocycles. The van der Waals surface area contributed by atoms with Crippen LogP contribution in [0.4, 0.5) is 0 Å². The molecule has 0 bridgehead atoms. The van der Waals surface area contributed by atoms with Gasteiger partial charge in [-0.2, -0.15) is 0 Å². The van der Waals surface area contributed by atoms with Gasteiger partial charge in [-0.25, -0.2) is 4.79 Å². The first-order chi connectivity index (χ1) is 5.66. The monoisotopic (exact) mass is 168 g/mol. The van der Waals surface area contributed by atoms with Gasteiger partial charge in [0.15, 0.2) is 0 Å². The maximum atomic E-state index is 11.2. The number of hydrogen-bond donors (Lipinski definition) is 0. The maximum Gasteiger partial charge on any atom is 0.334 e. The molecular weight excluding hydrogens is 152 g/mol. The summed E-state index contributed by atoms with van der Waals surface area (Å²) in [5.41, 5.74) is 0.882. The SMILES string of the molecule is CCC(C1=CCOC1=O)C(C)C. The molecule has 68 valence electrons. The normalized spacial score (nSPS) is 19.3. The molecule has 0 radical (unpaired) electrons. The van der Waals surface area contributed by atoms with E-state index in [0.29, 0.717) is 18.4 Å². The van der Waals surface area contributed by atoms with Gasteiger partial charge in [-0.1, -0.05) is 20.8 Å². The highest BCUT2D eigenvalue weighted by molar-refractivity contribution is 5.91. The first kappa shape index (κ1) is 9.30. The number of cyclic esters (lactones) is 1. The number of ether oxygens (including phenoxy) is 1. The van der Waals surface area contributed by atoms with Gasteiger partial charge in [-0.15, -0.1) is 0 Å². The van der Waals surface area contributed by atoms with Crippen molar-refractivity contribution in [2.24, 2.45) is 11.8 Å². The second-order valence-corrected chi connectivity index (χ2v) is 3.52. The fourth-order valence-corrected chi connectivity index (χ4v) is 1.73. The van der Waals surface area contributed by atoms with Crippen LogP contribution in [0.25, 0.3) is 0 Å². The van der Waals surface area contributed by atoms with Crippen LogP contribution in [0.2, 0.25) is 0 Å².